The predicted molar refractivity (Wildman–Crippen MR) is 40.3 cm³/mol. The maximum atomic E-state index is 10.6. The van der Waals surface area contributed by atoms with Gasteiger partial charge in [0.05, 0.1) is 31.9 Å². The number of carbonyl (C=O) groups is 1. The predicted octanol–water partition coefficient (Wildman–Crippen LogP) is 0.0993. The zero-order chi connectivity index (χ0) is 8.81. The Morgan fingerprint density at radius 1 is 1.75 bits per heavy atom. The summed E-state index contributed by atoms with van der Waals surface area (Å²) in [4.78, 5) is 17.2. The Hall–Kier alpha value is -1.36. The molecule has 0 amide bonds. The van der Waals surface area contributed by atoms with Gasteiger partial charge in [0, 0.05) is 0 Å². The van der Waals surface area contributed by atoms with Gasteiger partial charge in [-0.3, -0.25) is 0 Å². The molecule has 1 rings (SSSR count). The molecule has 1 heterocycles. The maximum Gasteiger partial charge on any atom is 0.331 e. The summed E-state index contributed by atoms with van der Waals surface area (Å²) in [5.41, 5.74) is 0.832. The van der Waals surface area contributed by atoms with Gasteiger partial charge in [-0.2, -0.15) is 0 Å². The summed E-state index contributed by atoms with van der Waals surface area (Å²) >= 11 is 0. The van der Waals surface area contributed by atoms with Gasteiger partial charge in [0.25, 0.3) is 0 Å². The van der Waals surface area contributed by atoms with Crippen molar-refractivity contribution in [3.8, 4) is 0 Å². The molecule has 5 heteroatoms. The van der Waals surface area contributed by atoms with Gasteiger partial charge >= 0.3 is 5.97 Å². The van der Waals surface area contributed by atoms with E-state index in [9.17, 15) is 4.79 Å². The van der Waals surface area contributed by atoms with E-state index in [2.05, 4.69) is 14.7 Å². The average Bonchev–Trinajstić information content (AvgIpc) is 2.57. The number of H-pyrrole nitrogens is 1. The van der Waals surface area contributed by atoms with E-state index in [0.29, 0.717) is 6.61 Å². The number of esters is 1. The second kappa shape index (κ2) is 4.50. The van der Waals surface area contributed by atoms with Crippen molar-refractivity contribution in [2.24, 2.45) is 0 Å². The van der Waals surface area contributed by atoms with E-state index in [1.165, 1.54) is 7.11 Å². The third kappa shape index (κ3) is 2.71. The van der Waals surface area contributed by atoms with Crippen molar-refractivity contribution in [2.45, 2.75) is 6.61 Å². The molecular weight excluding hydrogens is 160 g/mol. The molecule has 0 radical (unpaired) electrons. The summed E-state index contributed by atoms with van der Waals surface area (Å²) < 4.78 is 9.36. The van der Waals surface area contributed by atoms with Crippen molar-refractivity contribution in [1.29, 1.82) is 0 Å². The normalized spacial score (nSPS) is 9.75. The highest BCUT2D eigenvalue weighted by atomic mass is 16.6. The number of aromatic amines is 1. The molecule has 1 aromatic heterocycles. The van der Waals surface area contributed by atoms with Gasteiger partial charge < -0.3 is 14.5 Å². The Balaban J connectivity index is 2.15. The summed E-state index contributed by atoms with van der Waals surface area (Å²) in [6.45, 7) is 0.310. The third-order valence-corrected chi connectivity index (χ3v) is 1.26. The lowest BCUT2D eigenvalue weighted by Crippen LogP contribution is -2.09. The molecule has 12 heavy (non-hydrogen) atoms. The highest BCUT2D eigenvalue weighted by Crippen LogP contribution is 1.93. The van der Waals surface area contributed by atoms with E-state index in [4.69, 9.17) is 4.74 Å². The van der Waals surface area contributed by atoms with Crippen molar-refractivity contribution < 1.29 is 14.3 Å². The van der Waals surface area contributed by atoms with Crippen molar-refractivity contribution in [2.75, 3.05) is 13.7 Å². The number of methoxy groups -OCH3 is 1. The number of nitrogens with zero attached hydrogens (tertiary/aromatic N) is 1. The topological polar surface area (TPSA) is 64.2 Å². The van der Waals surface area contributed by atoms with E-state index in [-0.39, 0.29) is 12.6 Å². The number of hydrogen-bond donors (Lipinski definition) is 1. The van der Waals surface area contributed by atoms with Crippen LogP contribution in [-0.4, -0.2) is 29.7 Å². The Bertz CT molecular complexity index is 233. The fourth-order valence-electron chi connectivity index (χ4n) is 0.667. The number of ether oxygens (including phenoxy) is 2. The van der Waals surface area contributed by atoms with E-state index in [1.54, 1.807) is 12.5 Å². The SMILES string of the molecule is COC(=O)COCc1cnc[nH]1. The first-order chi connectivity index (χ1) is 5.83. The largest absolute Gasteiger partial charge is 0.467 e. The minimum atomic E-state index is -0.380. The zero-order valence-electron chi connectivity index (χ0n) is 6.74. The fraction of sp³-hybridized carbons (Fsp3) is 0.429. The van der Waals surface area contributed by atoms with Gasteiger partial charge in [-0.15, -0.1) is 0 Å². The van der Waals surface area contributed by atoms with Gasteiger partial charge in [0.1, 0.15) is 6.61 Å². The molecule has 5 nitrogen and oxygen atoms in total. The summed E-state index contributed by atoms with van der Waals surface area (Å²) in [6, 6.07) is 0. The molecule has 0 fully saturated rings. The lowest BCUT2D eigenvalue weighted by molar-refractivity contribution is -0.146. The first-order valence-electron chi connectivity index (χ1n) is 3.44. The molecule has 0 atom stereocenters. The van der Waals surface area contributed by atoms with Crippen LogP contribution in [0.15, 0.2) is 12.5 Å². The first-order valence-corrected chi connectivity index (χ1v) is 3.44. The van der Waals surface area contributed by atoms with Crippen LogP contribution in [0.2, 0.25) is 0 Å². The van der Waals surface area contributed by atoms with Crippen LogP contribution in [0.4, 0.5) is 0 Å². The smallest absolute Gasteiger partial charge is 0.331 e. The van der Waals surface area contributed by atoms with E-state index < -0.39 is 0 Å². The highest BCUT2D eigenvalue weighted by molar-refractivity contribution is 5.70. The van der Waals surface area contributed by atoms with Crippen molar-refractivity contribution >= 4 is 5.97 Å². The number of imidazole rings is 1. The van der Waals surface area contributed by atoms with Crippen LogP contribution in [-0.2, 0) is 20.9 Å². The standard InChI is InChI=1S/C7H10N2O3/c1-11-7(10)4-12-3-6-2-8-5-9-6/h2,5H,3-4H2,1H3,(H,8,9). The van der Waals surface area contributed by atoms with Gasteiger partial charge in [-0.05, 0) is 0 Å². The molecule has 0 saturated heterocycles. The first kappa shape index (κ1) is 8.73. The van der Waals surface area contributed by atoms with Crippen LogP contribution in [0.1, 0.15) is 5.69 Å². The van der Waals surface area contributed by atoms with Gasteiger partial charge in [-0.25, -0.2) is 9.78 Å². The molecule has 66 valence electrons. The zero-order valence-corrected chi connectivity index (χ0v) is 6.74. The van der Waals surface area contributed by atoms with E-state index >= 15 is 0 Å². The summed E-state index contributed by atoms with van der Waals surface area (Å²) in [5, 5.41) is 0. The minimum Gasteiger partial charge on any atom is -0.467 e. The molecule has 0 aliphatic rings. The molecule has 0 bridgehead atoms. The van der Waals surface area contributed by atoms with Gasteiger partial charge in [-0.1, -0.05) is 0 Å². The highest BCUT2D eigenvalue weighted by Gasteiger charge is 1.99. The Labute approximate surface area is 69.7 Å². The minimum absolute atomic E-state index is 0.0322. The quantitative estimate of drug-likeness (QED) is 0.651. The van der Waals surface area contributed by atoms with Crippen LogP contribution in [0, 0.1) is 0 Å². The number of nitrogens with one attached hydrogen (secondary N) is 1. The van der Waals surface area contributed by atoms with E-state index in [1.807, 2.05) is 0 Å². The third-order valence-electron chi connectivity index (χ3n) is 1.26. The van der Waals surface area contributed by atoms with Gasteiger partial charge in [0.2, 0.25) is 0 Å². The molecular formula is C7H10N2O3. The monoisotopic (exact) mass is 170 g/mol. The summed E-state index contributed by atoms with van der Waals surface area (Å²) in [7, 11) is 1.32. The number of hydrogen-bond acceptors (Lipinski definition) is 4. The second-order valence-electron chi connectivity index (χ2n) is 2.15. The number of rotatable bonds is 4. The molecule has 0 aromatic carbocycles. The van der Waals surface area contributed by atoms with Gasteiger partial charge in [0.15, 0.2) is 0 Å². The van der Waals surface area contributed by atoms with Crippen LogP contribution >= 0.6 is 0 Å². The Morgan fingerprint density at radius 3 is 3.17 bits per heavy atom. The summed E-state index contributed by atoms with van der Waals surface area (Å²) in [5.74, 6) is -0.380. The Kier molecular flexibility index (Phi) is 3.28. The van der Waals surface area contributed by atoms with Crippen LogP contribution < -0.4 is 0 Å². The van der Waals surface area contributed by atoms with E-state index in [0.717, 1.165) is 5.69 Å². The molecule has 1 aromatic rings. The molecule has 1 N–H and O–H groups in total. The molecule has 0 spiro atoms. The summed E-state index contributed by atoms with van der Waals surface area (Å²) in [6.07, 6.45) is 3.19. The van der Waals surface area contributed by atoms with Crippen LogP contribution in [0.5, 0.6) is 0 Å². The van der Waals surface area contributed by atoms with Crippen LogP contribution in [0.25, 0.3) is 0 Å². The lowest BCUT2D eigenvalue weighted by atomic mass is 10.5. The average molecular weight is 170 g/mol. The molecule has 0 saturated carbocycles. The van der Waals surface area contributed by atoms with Crippen molar-refractivity contribution in [3.63, 3.8) is 0 Å². The Morgan fingerprint density at radius 2 is 2.58 bits per heavy atom. The fourth-order valence-corrected chi connectivity index (χ4v) is 0.667. The van der Waals surface area contributed by atoms with Crippen molar-refractivity contribution in [3.05, 3.63) is 18.2 Å². The lowest BCUT2D eigenvalue weighted by Gasteiger charge is -1.99. The second-order valence-corrected chi connectivity index (χ2v) is 2.15. The molecule has 0 unspecified atom stereocenters. The maximum absolute atomic E-state index is 10.6. The molecule has 0 aliphatic carbocycles. The number of aromatic nitrogens is 2. The molecule has 0 aliphatic heterocycles. The number of carbonyl (C=O) groups excluding carboxylic acids is 1. The van der Waals surface area contributed by atoms with Crippen molar-refractivity contribution in [1.82, 2.24) is 9.97 Å². The van der Waals surface area contributed by atoms with Crippen LogP contribution in [0.3, 0.4) is 0 Å².